The molecule has 21 heavy (non-hydrogen) atoms. The topological polar surface area (TPSA) is 84.6 Å². The van der Waals surface area contributed by atoms with E-state index in [1.54, 1.807) is 0 Å². The number of nitro benzene ring substituents is 1. The zero-order valence-corrected chi connectivity index (χ0v) is 10.9. The van der Waals surface area contributed by atoms with Crippen molar-refractivity contribution < 1.29 is 23.5 Å². The predicted molar refractivity (Wildman–Crippen MR) is 71.5 cm³/mol. The Morgan fingerprint density at radius 1 is 1.48 bits per heavy atom. The van der Waals surface area contributed by atoms with Crippen LogP contribution in [-0.2, 0) is 0 Å². The molecular weight excluding hydrogens is 286 g/mol. The molecule has 2 atom stereocenters. The van der Waals surface area contributed by atoms with E-state index in [0.29, 0.717) is 12.1 Å². The maximum Gasteiger partial charge on any atom is 0.387 e. The van der Waals surface area contributed by atoms with Crippen molar-refractivity contribution in [1.29, 1.82) is 0 Å². The minimum atomic E-state index is -3.14. The molecule has 0 saturated carbocycles. The molecule has 0 unspecified atom stereocenters. The first-order valence-electron chi connectivity index (χ1n) is 6.28. The van der Waals surface area contributed by atoms with Crippen molar-refractivity contribution in [3.05, 3.63) is 40.5 Å². The van der Waals surface area contributed by atoms with Gasteiger partial charge in [0.15, 0.2) is 0 Å². The highest BCUT2D eigenvalue weighted by Gasteiger charge is 2.21. The molecule has 0 amide bonds. The number of nitrogens with zero attached hydrogens (tertiary/aromatic N) is 1. The van der Waals surface area contributed by atoms with Gasteiger partial charge in [0, 0.05) is 36.4 Å². The first kappa shape index (κ1) is 15.2. The fraction of sp³-hybridized carbons (Fsp3) is 0.385. The van der Waals surface area contributed by atoms with Crippen LogP contribution in [0.3, 0.4) is 0 Å². The number of alkyl halides is 2. The van der Waals surface area contributed by atoms with Gasteiger partial charge in [-0.3, -0.25) is 10.1 Å². The average molecular weight is 300 g/mol. The van der Waals surface area contributed by atoms with Crippen LogP contribution in [0.25, 0.3) is 0 Å². The highest BCUT2D eigenvalue weighted by atomic mass is 19.3. The summed E-state index contributed by atoms with van der Waals surface area (Å²) in [6.07, 6.45) is 4.38. The van der Waals surface area contributed by atoms with Crippen LogP contribution in [0, 0.1) is 16.0 Å². The molecule has 1 aliphatic rings. The molecule has 2 rings (SSSR count). The standard InChI is InChI=1S/C13H14F2N2O4/c14-13(15)21-12-6-10(3-4-11(12)17(19)20)16-9-2-1-8(5-9)7-18/h1-4,6,8-9,13,16,18H,5,7H2/t8-,9+/m1/s1. The Balaban J connectivity index is 2.14. The molecule has 1 aromatic rings. The van der Waals surface area contributed by atoms with Crippen LogP contribution in [0.4, 0.5) is 20.2 Å². The van der Waals surface area contributed by atoms with Crippen molar-refractivity contribution in [3.8, 4) is 5.75 Å². The number of hydrogen-bond donors (Lipinski definition) is 2. The van der Waals surface area contributed by atoms with Gasteiger partial charge in [-0.25, -0.2) is 0 Å². The van der Waals surface area contributed by atoms with E-state index in [1.807, 2.05) is 12.2 Å². The van der Waals surface area contributed by atoms with Gasteiger partial charge in [-0.2, -0.15) is 8.78 Å². The maximum absolute atomic E-state index is 12.3. The van der Waals surface area contributed by atoms with Gasteiger partial charge in [0.05, 0.1) is 4.92 Å². The van der Waals surface area contributed by atoms with Crippen molar-refractivity contribution in [2.75, 3.05) is 11.9 Å². The lowest BCUT2D eigenvalue weighted by atomic mass is 10.1. The Labute approximate surface area is 119 Å². The third-order valence-corrected chi connectivity index (χ3v) is 3.13. The number of halogens is 2. The molecule has 0 bridgehead atoms. The Bertz CT molecular complexity index is 551. The third kappa shape index (κ3) is 3.88. The van der Waals surface area contributed by atoms with Crippen LogP contribution in [0.1, 0.15) is 6.42 Å². The average Bonchev–Trinajstić information content (AvgIpc) is 2.85. The largest absolute Gasteiger partial charge is 0.427 e. The summed E-state index contributed by atoms with van der Waals surface area (Å²) in [6, 6.07) is 3.64. The zero-order valence-electron chi connectivity index (χ0n) is 10.9. The van der Waals surface area contributed by atoms with Crippen molar-refractivity contribution >= 4 is 11.4 Å². The first-order valence-corrected chi connectivity index (χ1v) is 6.28. The number of aliphatic hydroxyl groups excluding tert-OH is 1. The summed E-state index contributed by atoms with van der Waals surface area (Å²) < 4.78 is 28.8. The van der Waals surface area contributed by atoms with Crippen LogP contribution < -0.4 is 10.1 Å². The van der Waals surface area contributed by atoms with Gasteiger partial charge in [-0.1, -0.05) is 12.2 Å². The molecule has 1 aliphatic carbocycles. The van der Waals surface area contributed by atoms with Crippen molar-refractivity contribution in [1.82, 2.24) is 0 Å². The summed E-state index contributed by atoms with van der Waals surface area (Å²) >= 11 is 0. The molecule has 0 spiro atoms. The van der Waals surface area contributed by atoms with Gasteiger partial charge >= 0.3 is 12.3 Å². The zero-order chi connectivity index (χ0) is 15.4. The SMILES string of the molecule is O=[N+]([O-])c1ccc(N[C@H]2C=C[C@@H](CO)C2)cc1OC(F)F. The molecule has 0 fully saturated rings. The van der Waals surface area contributed by atoms with E-state index in [0.717, 1.165) is 6.07 Å². The van der Waals surface area contributed by atoms with Crippen LogP contribution in [-0.4, -0.2) is 29.3 Å². The maximum atomic E-state index is 12.3. The van der Waals surface area contributed by atoms with E-state index in [1.165, 1.54) is 12.1 Å². The summed E-state index contributed by atoms with van der Waals surface area (Å²) in [5.41, 5.74) is -0.0828. The fourth-order valence-corrected chi connectivity index (χ4v) is 2.18. The number of aliphatic hydroxyl groups is 1. The van der Waals surface area contributed by atoms with Gasteiger partial charge in [0.2, 0.25) is 5.75 Å². The van der Waals surface area contributed by atoms with E-state index < -0.39 is 23.0 Å². The second-order valence-electron chi connectivity index (χ2n) is 4.63. The number of nitro groups is 1. The second-order valence-corrected chi connectivity index (χ2v) is 4.63. The minimum absolute atomic E-state index is 0.0364. The molecule has 0 aromatic heterocycles. The van der Waals surface area contributed by atoms with Crippen LogP contribution in [0.5, 0.6) is 5.75 Å². The summed E-state index contributed by atoms with van der Waals surface area (Å²) in [6.45, 7) is -3.10. The molecule has 1 aromatic carbocycles. The van der Waals surface area contributed by atoms with E-state index >= 15 is 0 Å². The molecular formula is C13H14F2N2O4. The highest BCUT2D eigenvalue weighted by molar-refractivity contribution is 5.58. The monoisotopic (exact) mass is 300 g/mol. The van der Waals surface area contributed by atoms with Gasteiger partial charge < -0.3 is 15.2 Å². The first-order chi connectivity index (χ1) is 9.99. The lowest BCUT2D eigenvalue weighted by molar-refractivity contribution is -0.386. The highest BCUT2D eigenvalue weighted by Crippen LogP contribution is 2.32. The minimum Gasteiger partial charge on any atom is -0.427 e. The normalized spacial score (nSPS) is 20.8. The van der Waals surface area contributed by atoms with E-state index in [4.69, 9.17) is 5.11 Å². The second kappa shape index (κ2) is 6.49. The number of nitrogens with one attached hydrogen (secondary N) is 1. The Kier molecular flexibility index (Phi) is 4.69. The molecule has 0 heterocycles. The van der Waals surface area contributed by atoms with Crippen molar-refractivity contribution in [3.63, 3.8) is 0 Å². The fourth-order valence-electron chi connectivity index (χ4n) is 2.18. The molecule has 6 nitrogen and oxygen atoms in total. The summed E-state index contributed by atoms with van der Waals surface area (Å²) in [4.78, 5) is 9.98. The molecule has 0 radical (unpaired) electrons. The Morgan fingerprint density at radius 3 is 2.81 bits per heavy atom. The van der Waals surface area contributed by atoms with Crippen LogP contribution in [0.15, 0.2) is 30.4 Å². The summed E-state index contributed by atoms with van der Waals surface area (Å²) in [5, 5.41) is 22.8. The van der Waals surface area contributed by atoms with Crippen LogP contribution >= 0.6 is 0 Å². The van der Waals surface area contributed by atoms with Crippen molar-refractivity contribution in [2.45, 2.75) is 19.1 Å². The van der Waals surface area contributed by atoms with Crippen molar-refractivity contribution in [2.24, 2.45) is 5.92 Å². The number of anilines is 1. The number of rotatable bonds is 6. The molecule has 8 heteroatoms. The number of ether oxygens (including phenoxy) is 1. The van der Waals surface area contributed by atoms with Gasteiger partial charge in [-0.15, -0.1) is 0 Å². The van der Waals surface area contributed by atoms with E-state index in [9.17, 15) is 18.9 Å². The van der Waals surface area contributed by atoms with E-state index in [-0.39, 0.29) is 18.6 Å². The predicted octanol–water partition coefficient (Wildman–Crippen LogP) is 2.55. The Hall–Kier alpha value is -2.22. The van der Waals surface area contributed by atoms with Gasteiger partial charge in [-0.05, 0) is 12.5 Å². The third-order valence-electron chi connectivity index (χ3n) is 3.13. The summed E-state index contributed by atoms with van der Waals surface area (Å²) in [5.74, 6) is -0.432. The molecule has 0 saturated heterocycles. The summed E-state index contributed by atoms with van der Waals surface area (Å²) in [7, 11) is 0. The molecule has 114 valence electrons. The number of benzene rings is 1. The van der Waals surface area contributed by atoms with Crippen LogP contribution in [0.2, 0.25) is 0 Å². The van der Waals surface area contributed by atoms with E-state index in [2.05, 4.69) is 10.1 Å². The smallest absolute Gasteiger partial charge is 0.387 e. The molecule has 0 aliphatic heterocycles. The quantitative estimate of drug-likeness (QED) is 0.479. The lowest BCUT2D eigenvalue weighted by Crippen LogP contribution is -2.16. The van der Waals surface area contributed by atoms with Gasteiger partial charge in [0.25, 0.3) is 0 Å². The number of hydrogen-bond acceptors (Lipinski definition) is 5. The molecule has 2 N–H and O–H groups in total. The lowest BCUT2D eigenvalue weighted by Gasteiger charge is -2.15. The Morgan fingerprint density at radius 2 is 2.24 bits per heavy atom. The van der Waals surface area contributed by atoms with Gasteiger partial charge in [0.1, 0.15) is 0 Å².